The molecule has 0 spiro atoms. The zero-order chi connectivity index (χ0) is 45.9. The molecular formula is C48H51NO14S. The first-order valence-electron chi connectivity index (χ1n) is 21.2. The zero-order valence-electron chi connectivity index (χ0n) is 36.2. The van der Waals surface area contributed by atoms with E-state index in [1.54, 1.807) is 119 Å². The van der Waals surface area contributed by atoms with Gasteiger partial charge in [-0.3, -0.25) is 14.4 Å². The van der Waals surface area contributed by atoms with Crippen LogP contribution >= 0.6 is 12.2 Å². The Bertz CT molecular complexity index is 2380. The van der Waals surface area contributed by atoms with E-state index in [1.807, 2.05) is 0 Å². The number of esters is 4. The van der Waals surface area contributed by atoms with Gasteiger partial charge < -0.3 is 48.7 Å². The molecule has 4 fully saturated rings. The lowest BCUT2D eigenvalue weighted by atomic mass is 9.44. The maximum absolute atomic E-state index is 14.5. The fourth-order valence-electron chi connectivity index (χ4n) is 11.0. The summed E-state index contributed by atoms with van der Waals surface area (Å²) in [7, 11) is 0. The third-order valence-electron chi connectivity index (χ3n) is 14.1. The van der Waals surface area contributed by atoms with Crippen molar-refractivity contribution in [2.45, 2.75) is 114 Å². The Morgan fingerprint density at radius 3 is 2.00 bits per heavy atom. The van der Waals surface area contributed by atoms with Crippen molar-refractivity contribution >= 4 is 47.2 Å². The smallest absolute Gasteiger partial charge is 0.353 e. The molecule has 3 aromatic carbocycles. The minimum atomic E-state index is -2.26. The summed E-state index contributed by atoms with van der Waals surface area (Å²) in [5, 5.41) is 28.3. The summed E-state index contributed by atoms with van der Waals surface area (Å²) in [5.41, 5.74) is -5.33. The molecule has 0 aromatic heterocycles. The van der Waals surface area contributed by atoms with Crippen LogP contribution in [0.1, 0.15) is 86.7 Å². The summed E-state index contributed by atoms with van der Waals surface area (Å²) in [6, 6.07) is 23.5. The number of ether oxygens (including phenoxy) is 7. The number of rotatable bonds is 10. The van der Waals surface area contributed by atoms with Crippen LogP contribution in [0.4, 0.5) is 0 Å². The molecule has 2 bridgehead atoms. The Kier molecular flexibility index (Phi) is 11.7. The Morgan fingerprint density at radius 1 is 0.812 bits per heavy atom. The van der Waals surface area contributed by atoms with Gasteiger partial charge in [0, 0.05) is 49.9 Å². The molecule has 16 heteroatoms. The van der Waals surface area contributed by atoms with Gasteiger partial charge in [-0.1, -0.05) is 87.5 Å². The van der Waals surface area contributed by atoms with E-state index >= 15 is 0 Å². The van der Waals surface area contributed by atoms with Gasteiger partial charge in [0.2, 0.25) is 0 Å². The first-order chi connectivity index (χ1) is 30.3. The van der Waals surface area contributed by atoms with Gasteiger partial charge >= 0.3 is 29.1 Å². The van der Waals surface area contributed by atoms with Crippen molar-refractivity contribution in [1.82, 2.24) is 5.32 Å². The number of thiocarbonyl (C=S) groups is 1. The highest BCUT2D eigenvalue weighted by atomic mass is 32.1. The van der Waals surface area contributed by atoms with E-state index in [9.17, 15) is 34.2 Å². The fraction of sp³-hybridized carbons (Fsp3) is 0.458. The van der Waals surface area contributed by atoms with Gasteiger partial charge in [0.1, 0.15) is 30.0 Å². The lowest BCUT2D eigenvalue weighted by Gasteiger charge is -2.70. The van der Waals surface area contributed by atoms with Gasteiger partial charge in [0.15, 0.2) is 23.9 Å². The van der Waals surface area contributed by atoms with Crippen LogP contribution in [0.15, 0.2) is 102 Å². The number of amides is 1. The SMILES string of the molecule is CC(=O)O[C@@H]1C2=C(C)[C@@H](OC(=O)[C@H](O)[C@@H](NC(=O)c3ccccc3)c3ccccc3)C[C@@](O)([C@@H](OC(=O)c3ccccc3)[C@@H]3[C@]4(OC(C)=O)CO[C@@H]4C[C@@H]4OC(=S)O[C@@H]1[C@]43C)C2(C)C. The highest BCUT2D eigenvalue weighted by molar-refractivity contribution is 7.79. The molecule has 0 radical (unpaired) electrons. The minimum absolute atomic E-state index is 0.133. The predicted molar refractivity (Wildman–Crippen MR) is 229 cm³/mol. The van der Waals surface area contributed by atoms with E-state index in [4.69, 9.17) is 45.4 Å². The monoisotopic (exact) mass is 897 g/mol. The molecule has 0 unspecified atom stereocenters. The molecule has 3 N–H and O–H groups in total. The van der Waals surface area contributed by atoms with Gasteiger partial charge in [0.05, 0.1) is 29.5 Å². The Morgan fingerprint density at radius 2 is 1.42 bits per heavy atom. The number of benzene rings is 3. The number of carbonyl (C=O) groups is 5. The summed E-state index contributed by atoms with van der Waals surface area (Å²) in [4.78, 5) is 68.9. The highest BCUT2D eigenvalue weighted by Gasteiger charge is 2.80. The Labute approximate surface area is 375 Å². The highest BCUT2D eigenvalue weighted by Crippen LogP contribution is 2.67. The molecule has 15 nitrogen and oxygen atoms in total. The second-order valence-corrected chi connectivity index (χ2v) is 18.3. The molecule has 5 aliphatic rings. The van der Waals surface area contributed by atoms with E-state index in [-0.39, 0.29) is 35.0 Å². The molecule has 8 rings (SSSR count). The van der Waals surface area contributed by atoms with Gasteiger partial charge in [-0.15, -0.1) is 0 Å². The summed E-state index contributed by atoms with van der Waals surface area (Å²) in [6.45, 7) is 9.11. The topological polar surface area (TPSA) is 202 Å². The second-order valence-electron chi connectivity index (χ2n) is 18.0. The Hall–Kier alpha value is -5.68. The standard InChI is InChI=1S/C48H51NO14S/c1-25-31(59-43(55)36(52)35(28-16-10-7-11-17-28)49-41(53)29-18-12-8-13-19-29)23-48(56)40(61-42(54)30-20-14-9-15-21-30)38-46(6)32(22-33-47(38,24-57-33)63-27(3)51)60-44(64)62-39(46)37(58-26(2)50)34(25)45(48,4)5/h7-21,31-33,35-40,52,56H,22-24H2,1-6H3,(H,49,53)/t31-,32-,33+,35-,36+,37+,38-,39-,40-,46+,47-,48+/m0/s1. The number of hydrogen-bond acceptors (Lipinski definition) is 15. The van der Waals surface area contributed by atoms with E-state index < -0.39 is 113 Å². The number of aliphatic hydroxyl groups is 2. The molecule has 2 saturated heterocycles. The molecule has 2 aliphatic heterocycles. The third kappa shape index (κ3) is 7.33. The van der Waals surface area contributed by atoms with Crippen LogP contribution in [0.5, 0.6) is 0 Å². The van der Waals surface area contributed by atoms with Gasteiger partial charge in [0.25, 0.3) is 5.91 Å². The van der Waals surface area contributed by atoms with E-state index in [2.05, 4.69) is 5.32 Å². The molecule has 3 aromatic rings. The van der Waals surface area contributed by atoms with Crippen LogP contribution in [0.3, 0.4) is 0 Å². The molecule has 338 valence electrons. The van der Waals surface area contributed by atoms with E-state index in [0.29, 0.717) is 11.1 Å². The van der Waals surface area contributed by atoms with E-state index in [1.165, 1.54) is 13.8 Å². The van der Waals surface area contributed by atoms with Crippen molar-refractivity contribution in [1.29, 1.82) is 0 Å². The molecule has 2 heterocycles. The van der Waals surface area contributed by atoms with Crippen molar-refractivity contribution < 1.29 is 67.3 Å². The number of carbonyl (C=O) groups excluding carboxylic acids is 5. The quantitative estimate of drug-likeness (QED) is 0.108. The lowest BCUT2D eigenvalue weighted by Crippen LogP contribution is -2.83. The average molecular weight is 898 g/mol. The normalized spacial score (nSPS) is 33.0. The van der Waals surface area contributed by atoms with Crippen LogP contribution < -0.4 is 5.32 Å². The number of nitrogens with one attached hydrogen (secondary N) is 1. The zero-order valence-corrected chi connectivity index (χ0v) is 37.0. The molecule has 12 atom stereocenters. The molecule has 64 heavy (non-hydrogen) atoms. The van der Waals surface area contributed by atoms with Crippen molar-refractivity contribution in [2.24, 2.45) is 16.7 Å². The summed E-state index contributed by atoms with van der Waals surface area (Å²) in [6.07, 6.45) is -9.60. The first-order valence-corrected chi connectivity index (χ1v) is 21.6. The summed E-state index contributed by atoms with van der Waals surface area (Å²) < 4.78 is 44.2. The molecule has 2 saturated carbocycles. The average Bonchev–Trinajstić information content (AvgIpc) is 3.25. The summed E-state index contributed by atoms with van der Waals surface area (Å²) >= 11 is 5.59. The lowest BCUT2D eigenvalue weighted by molar-refractivity contribution is -0.371. The van der Waals surface area contributed by atoms with Crippen LogP contribution in [-0.4, -0.2) is 106 Å². The third-order valence-corrected chi connectivity index (χ3v) is 14.3. The number of fused-ring (bicyclic) bond motifs is 4. The Balaban J connectivity index is 1.30. The van der Waals surface area contributed by atoms with Crippen LogP contribution in [-0.2, 0) is 47.5 Å². The van der Waals surface area contributed by atoms with Gasteiger partial charge in [-0.25, -0.2) is 9.59 Å². The molecule has 1 amide bonds. The van der Waals surface area contributed by atoms with Crippen LogP contribution in [0, 0.1) is 16.7 Å². The van der Waals surface area contributed by atoms with Crippen LogP contribution in [0.2, 0.25) is 0 Å². The molecular weight excluding hydrogens is 847 g/mol. The number of hydrogen-bond donors (Lipinski definition) is 3. The second kappa shape index (κ2) is 16.7. The van der Waals surface area contributed by atoms with Crippen molar-refractivity contribution in [3.8, 4) is 0 Å². The van der Waals surface area contributed by atoms with Crippen LogP contribution in [0.25, 0.3) is 0 Å². The molecule has 3 aliphatic carbocycles. The van der Waals surface area contributed by atoms with Crippen molar-refractivity contribution in [2.75, 3.05) is 6.61 Å². The van der Waals surface area contributed by atoms with Gasteiger partial charge in [-0.2, -0.15) is 0 Å². The van der Waals surface area contributed by atoms with Gasteiger partial charge in [-0.05, 0) is 47.9 Å². The number of aliphatic hydroxyl groups excluding tert-OH is 1. The van der Waals surface area contributed by atoms with Crippen molar-refractivity contribution in [3.05, 3.63) is 119 Å². The largest absolute Gasteiger partial charge is 0.456 e. The predicted octanol–water partition coefficient (Wildman–Crippen LogP) is 4.87. The van der Waals surface area contributed by atoms with Crippen molar-refractivity contribution in [3.63, 3.8) is 0 Å². The summed E-state index contributed by atoms with van der Waals surface area (Å²) in [5.74, 6) is -5.17. The van der Waals surface area contributed by atoms with E-state index in [0.717, 1.165) is 0 Å². The fourth-order valence-corrected chi connectivity index (χ4v) is 11.2. The first kappa shape index (κ1) is 44.9. The minimum Gasteiger partial charge on any atom is -0.456 e. The maximum Gasteiger partial charge on any atom is 0.353 e. The maximum atomic E-state index is 14.5.